The third-order valence-electron chi connectivity index (χ3n) is 1.55. The standard InChI is InChI=1S/C11H9FO/c1-3-10(12)8-9-4-6-11(13-2)7-5-9/h1,4-8H,2H3/b10-8+. The summed E-state index contributed by atoms with van der Waals surface area (Å²) in [4.78, 5) is 0. The fraction of sp³-hybridized carbons (Fsp3) is 0.0909. The fourth-order valence-corrected chi connectivity index (χ4v) is 0.888. The Morgan fingerprint density at radius 3 is 2.54 bits per heavy atom. The number of halogens is 1. The van der Waals surface area contributed by atoms with Gasteiger partial charge in [0.1, 0.15) is 5.75 Å². The van der Waals surface area contributed by atoms with Gasteiger partial charge in [0.05, 0.1) is 7.11 Å². The first-order valence-electron chi connectivity index (χ1n) is 3.74. The molecule has 1 nitrogen and oxygen atoms in total. The first-order chi connectivity index (χ1) is 6.26. The van der Waals surface area contributed by atoms with Crippen molar-refractivity contribution in [3.8, 4) is 18.1 Å². The fourth-order valence-electron chi connectivity index (χ4n) is 0.888. The lowest BCUT2D eigenvalue weighted by Crippen LogP contribution is -1.81. The molecule has 1 aromatic carbocycles. The minimum absolute atomic E-state index is 0.579. The van der Waals surface area contributed by atoms with Crippen LogP contribution >= 0.6 is 0 Å². The van der Waals surface area contributed by atoms with Crippen LogP contribution in [0.3, 0.4) is 0 Å². The maximum Gasteiger partial charge on any atom is 0.173 e. The highest BCUT2D eigenvalue weighted by Gasteiger charge is 1.92. The molecule has 0 atom stereocenters. The molecular weight excluding hydrogens is 167 g/mol. The average molecular weight is 176 g/mol. The minimum atomic E-state index is -0.579. The van der Waals surface area contributed by atoms with E-state index in [1.54, 1.807) is 31.4 Å². The monoisotopic (exact) mass is 176 g/mol. The lowest BCUT2D eigenvalue weighted by atomic mass is 10.2. The highest BCUT2D eigenvalue weighted by Crippen LogP contribution is 2.13. The Kier molecular flexibility index (Phi) is 3.10. The Bertz CT molecular complexity index is 343. The Morgan fingerprint density at radius 2 is 2.08 bits per heavy atom. The zero-order chi connectivity index (χ0) is 9.68. The third-order valence-corrected chi connectivity index (χ3v) is 1.55. The molecule has 0 saturated heterocycles. The molecule has 0 aromatic heterocycles. The third kappa shape index (κ3) is 2.64. The second-order valence-corrected chi connectivity index (χ2v) is 2.41. The summed E-state index contributed by atoms with van der Waals surface area (Å²) in [7, 11) is 1.58. The Balaban J connectivity index is 2.88. The second kappa shape index (κ2) is 4.32. The van der Waals surface area contributed by atoms with Gasteiger partial charge in [0.25, 0.3) is 0 Å². The zero-order valence-electron chi connectivity index (χ0n) is 7.25. The Hall–Kier alpha value is -1.75. The number of hydrogen-bond acceptors (Lipinski definition) is 1. The number of allylic oxidation sites excluding steroid dienone is 1. The molecule has 0 N–H and O–H groups in total. The van der Waals surface area contributed by atoms with Gasteiger partial charge < -0.3 is 4.74 Å². The van der Waals surface area contributed by atoms with Crippen LogP contribution in [-0.4, -0.2) is 7.11 Å². The summed E-state index contributed by atoms with van der Waals surface area (Å²) >= 11 is 0. The molecule has 0 aliphatic heterocycles. The topological polar surface area (TPSA) is 9.23 Å². The molecule has 66 valence electrons. The summed E-state index contributed by atoms with van der Waals surface area (Å²) in [6.07, 6.45) is 6.15. The first kappa shape index (κ1) is 9.34. The quantitative estimate of drug-likeness (QED) is 0.629. The molecule has 0 saturated carbocycles. The second-order valence-electron chi connectivity index (χ2n) is 2.41. The molecule has 2 heteroatoms. The van der Waals surface area contributed by atoms with Crippen LogP contribution in [0.1, 0.15) is 5.56 Å². The van der Waals surface area contributed by atoms with Gasteiger partial charge in [-0.3, -0.25) is 0 Å². The summed E-state index contributed by atoms with van der Waals surface area (Å²) in [5.41, 5.74) is 0.719. The van der Waals surface area contributed by atoms with Crippen molar-refractivity contribution < 1.29 is 9.13 Å². The molecule has 1 rings (SSSR count). The maximum absolute atomic E-state index is 12.6. The van der Waals surface area contributed by atoms with Gasteiger partial charge in [-0.2, -0.15) is 4.39 Å². The van der Waals surface area contributed by atoms with Crippen molar-refractivity contribution in [1.29, 1.82) is 0 Å². The molecule has 0 unspecified atom stereocenters. The normalized spacial score (nSPS) is 10.7. The van der Waals surface area contributed by atoms with Crippen molar-refractivity contribution in [3.63, 3.8) is 0 Å². The number of methoxy groups -OCH3 is 1. The van der Waals surface area contributed by atoms with E-state index in [4.69, 9.17) is 11.2 Å². The Morgan fingerprint density at radius 1 is 1.46 bits per heavy atom. The number of ether oxygens (including phenoxy) is 1. The van der Waals surface area contributed by atoms with Crippen molar-refractivity contribution in [1.82, 2.24) is 0 Å². The molecule has 0 radical (unpaired) electrons. The highest BCUT2D eigenvalue weighted by molar-refractivity contribution is 5.56. The van der Waals surface area contributed by atoms with Crippen molar-refractivity contribution in [2.24, 2.45) is 0 Å². The van der Waals surface area contributed by atoms with Gasteiger partial charge in [0, 0.05) is 0 Å². The maximum atomic E-state index is 12.6. The summed E-state index contributed by atoms with van der Waals surface area (Å²) in [6.45, 7) is 0. The lowest BCUT2D eigenvalue weighted by molar-refractivity contribution is 0.415. The molecule has 0 heterocycles. The minimum Gasteiger partial charge on any atom is -0.497 e. The van der Waals surface area contributed by atoms with Crippen molar-refractivity contribution in [3.05, 3.63) is 35.7 Å². The van der Waals surface area contributed by atoms with Crippen molar-refractivity contribution in [2.75, 3.05) is 7.11 Å². The number of rotatable bonds is 2. The van der Waals surface area contributed by atoms with Gasteiger partial charge in [-0.25, -0.2) is 0 Å². The summed E-state index contributed by atoms with van der Waals surface area (Å²) in [6, 6.07) is 6.96. The van der Waals surface area contributed by atoms with Gasteiger partial charge in [-0.05, 0) is 29.7 Å². The van der Waals surface area contributed by atoms with E-state index in [-0.39, 0.29) is 0 Å². The molecule has 0 fully saturated rings. The summed E-state index contributed by atoms with van der Waals surface area (Å²) in [5.74, 6) is 2.06. The predicted octanol–water partition coefficient (Wildman–Crippen LogP) is 2.64. The van der Waals surface area contributed by atoms with E-state index in [0.29, 0.717) is 0 Å². The highest BCUT2D eigenvalue weighted by atomic mass is 19.1. The molecule has 0 aliphatic carbocycles. The van der Waals surface area contributed by atoms with E-state index >= 15 is 0 Å². The van der Waals surface area contributed by atoms with Gasteiger partial charge in [-0.15, -0.1) is 6.42 Å². The van der Waals surface area contributed by atoms with Crippen LogP contribution in [0.25, 0.3) is 6.08 Å². The molecule has 1 aromatic rings. The molecule has 0 bridgehead atoms. The van der Waals surface area contributed by atoms with E-state index in [1.165, 1.54) is 6.08 Å². The summed E-state index contributed by atoms with van der Waals surface area (Å²) in [5, 5.41) is 0. The van der Waals surface area contributed by atoms with Crippen LogP contribution in [0.4, 0.5) is 4.39 Å². The van der Waals surface area contributed by atoms with Crippen LogP contribution in [-0.2, 0) is 0 Å². The predicted molar refractivity (Wildman–Crippen MR) is 50.9 cm³/mol. The molecule has 0 aliphatic rings. The van der Waals surface area contributed by atoms with Gasteiger partial charge in [-0.1, -0.05) is 12.1 Å². The van der Waals surface area contributed by atoms with Gasteiger partial charge in [0.15, 0.2) is 5.83 Å². The smallest absolute Gasteiger partial charge is 0.173 e. The van der Waals surface area contributed by atoms with Crippen molar-refractivity contribution in [2.45, 2.75) is 0 Å². The summed E-state index contributed by atoms with van der Waals surface area (Å²) < 4.78 is 17.5. The number of benzene rings is 1. The van der Waals surface area contributed by atoms with Crippen LogP contribution in [0.2, 0.25) is 0 Å². The van der Waals surface area contributed by atoms with E-state index in [2.05, 4.69) is 0 Å². The molecule has 13 heavy (non-hydrogen) atoms. The first-order valence-corrected chi connectivity index (χ1v) is 3.74. The van der Waals surface area contributed by atoms with Gasteiger partial charge >= 0.3 is 0 Å². The largest absolute Gasteiger partial charge is 0.497 e. The van der Waals surface area contributed by atoms with Crippen LogP contribution in [0.5, 0.6) is 5.75 Å². The van der Waals surface area contributed by atoms with E-state index in [0.717, 1.165) is 11.3 Å². The van der Waals surface area contributed by atoms with Gasteiger partial charge in [0.2, 0.25) is 0 Å². The lowest BCUT2D eigenvalue weighted by Gasteiger charge is -1.98. The number of terminal acetylenes is 1. The Labute approximate surface area is 76.8 Å². The molecular formula is C11H9FO. The van der Waals surface area contributed by atoms with E-state index < -0.39 is 5.83 Å². The van der Waals surface area contributed by atoms with Crippen LogP contribution in [0, 0.1) is 12.3 Å². The van der Waals surface area contributed by atoms with E-state index in [9.17, 15) is 4.39 Å². The molecule has 0 amide bonds. The SMILES string of the molecule is C#C/C(F)=C\c1ccc(OC)cc1. The number of hydrogen-bond donors (Lipinski definition) is 0. The average Bonchev–Trinajstić information content (AvgIpc) is 2.19. The van der Waals surface area contributed by atoms with Crippen molar-refractivity contribution >= 4 is 6.08 Å². The van der Waals surface area contributed by atoms with E-state index in [1.807, 2.05) is 5.92 Å². The van der Waals surface area contributed by atoms with Crippen LogP contribution < -0.4 is 4.74 Å². The van der Waals surface area contributed by atoms with Crippen LogP contribution in [0.15, 0.2) is 30.1 Å². The zero-order valence-corrected chi connectivity index (χ0v) is 7.25. The molecule has 0 spiro atoms.